The third-order valence-corrected chi connectivity index (χ3v) is 11.1. The summed E-state index contributed by atoms with van der Waals surface area (Å²) in [4.78, 5) is 42.7. The maximum absolute atomic E-state index is 14.1. The molecule has 0 bridgehead atoms. The number of sulfone groups is 1. The number of rotatable bonds is 7. The largest absolute Gasteiger partial charge is 0.508 e. The van der Waals surface area contributed by atoms with Gasteiger partial charge >= 0.3 is 0 Å². The predicted molar refractivity (Wildman–Crippen MR) is 160 cm³/mol. The van der Waals surface area contributed by atoms with Crippen LogP contribution < -0.4 is 10.6 Å². The summed E-state index contributed by atoms with van der Waals surface area (Å²) in [6.07, 6.45) is -0.111. The maximum Gasteiger partial charge on any atom is 0.255 e. The highest BCUT2D eigenvalue weighted by molar-refractivity contribution is 7.91. The number of benzene rings is 1. The second-order valence-corrected chi connectivity index (χ2v) is 14.4. The van der Waals surface area contributed by atoms with Crippen LogP contribution in [0.3, 0.4) is 0 Å². The summed E-state index contributed by atoms with van der Waals surface area (Å²) in [6, 6.07) is 0.433. The number of aromatic hydroxyl groups is 1. The van der Waals surface area contributed by atoms with Gasteiger partial charge in [0.25, 0.3) is 5.91 Å². The minimum Gasteiger partial charge on any atom is -0.508 e. The first-order valence-corrected chi connectivity index (χ1v) is 15.9. The molecule has 4 unspecified atom stereocenters. The Balaban J connectivity index is 1.66. The fourth-order valence-electron chi connectivity index (χ4n) is 7.20. The molecule has 1 fully saturated rings. The number of hydrogen-bond donors (Lipinski definition) is 5. The highest BCUT2D eigenvalue weighted by atomic mass is 32.2. The zero-order valence-electron chi connectivity index (χ0n) is 25.7. The number of carbonyl (C=O) groups is 3. The third-order valence-electron chi connectivity index (χ3n) is 9.18. The molecule has 45 heavy (non-hydrogen) atoms. The lowest BCUT2D eigenvalue weighted by Gasteiger charge is -2.50. The minimum absolute atomic E-state index is 0.0404. The molecular weight excluding hydrogens is 608 g/mol. The molecule has 1 amide bonds. The topological polar surface area (TPSA) is 225 Å². The van der Waals surface area contributed by atoms with E-state index in [0.717, 1.165) is 0 Å². The molecule has 4 atom stereocenters. The van der Waals surface area contributed by atoms with Gasteiger partial charge in [0, 0.05) is 31.3 Å². The van der Waals surface area contributed by atoms with Gasteiger partial charge in [-0.3, -0.25) is 19.3 Å². The number of phenols is 1. The molecule has 0 spiro atoms. The number of anilines is 1. The monoisotopic (exact) mass is 644 g/mol. The summed E-state index contributed by atoms with van der Waals surface area (Å²) >= 11 is 0. The molecule has 242 valence electrons. The molecule has 2 aromatic rings. The van der Waals surface area contributed by atoms with E-state index in [1.807, 2.05) is 0 Å². The second-order valence-electron chi connectivity index (χ2n) is 12.3. The molecule has 3 aliphatic rings. The standard InChI is InChI=1S/C30H36N4O10S/c1-12-26(13(2)44-32-12)45(42,43)8-7-14-11-18(33(3)4)16-9-15-10-17-22(34(5)6)25(37)21(29(31)40)28(39)30(17,41)27(38)19(15)24(36)20(16)23(14)35/h11,15,17,22,35-36,39,41H,7-10H2,1-6H3,(H2,31,40). The molecule has 0 radical (unpaired) electrons. The van der Waals surface area contributed by atoms with E-state index in [2.05, 4.69) is 5.16 Å². The van der Waals surface area contributed by atoms with Gasteiger partial charge in [0.05, 0.1) is 23.1 Å². The fraction of sp³-hybridized carbons (Fsp3) is 0.467. The molecular formula is C30H36N4O10S. The average Bonchev–Trinajstić information content (AvgIpc) is 3.28. The van der Waals surface area contributed by atoms with E-state index in [9.17, 15) is 43.2 Å². The van der Waals surface area contributed by atoms with Crippen LogP contribution in [0, 0.1) is 25.7 Å². The van der Waals surface area contributed by atoms with Gasteiger partial charge in [-0.2, -0.15) is 0 Å². The van der Waals surface area contributed by atoms with Gasteiger partial charge in [0.1, 0.15) is 27.7 Å². The normalized spacial score (nSPS) is 24.9. The second kappa shape index (κ2) is 10.7. The third kappa shape index (κ3) is 4.63. The molecule has 1 saturated carbocycles. The van der Waals surface area contributed by atoms with Crippen molar-refractivity contribution in [1.29, 1.82) is 0 Å². The average molecular weight is 645 g/mol. The summed E-state index contributed by atoms with van der Waals surface area (Å²) in [5.41, 5.74) is 2.73. The predicted octanol–water partition coefficient (Wildman–Crippen LogP) is 0.651. The molecule has 0 aliphatic heterocycles. The molecule has 3 aliphatic carbocycles. The summed E-state index contributed by atoms with van der Waals surface area (Å²) in [5, 5.41) is 49.7. The first kappa shape index (κ1) is 32.2. The molecule has 1 aromatic carbocycles. The zero-order valence-corrected chi connectivity index (χ0v) is 26.5. The summed E-state index contributed by atoms with van der Waals surface area (Å²) in [5.74, 6) is -7.77. The Labute approximate surface area is 259 Å². The molecule has 14 nitrogen and oxygen atoms in total. The zero-order chi connectivity index (χ0) is 33.5. The van der Waals surface area contributed by atoms with Crippen molar-refractivity contribution in [3.8, 4) is 5.75 Å². The van der Waals surface area contributed by atoms with Crippen molar-refractivity contribution in [2.45, 2.75) is 49.6 Å². The number of likely N-dealkylation sites (N-methyl/N-ethyl adjacent to an activating group) is 1. The Hall–Kier alpha value is -4.21. The van der Waals surface area contributed by atoms with Crippen LogP contribution >= 0.6 is 0 Å². The number of carbonyl (C=O) groups excluding carboxylic acids is 3. The first-order valence-electron chi connectivity index (χ1n) is 14.2. The highest BCUT2D eigenvalue weighted by Crippen LogP contribution is 2.54. The van der Waals surface area contributed by atoms with Crippen LogP contribution in [0.5, 0.6) is 5.75 Å². The maximum atomic E-state index is 14.1. The van der Waals surface area contributed by atoms with Crippen molar-refractivity contribution in [3.05, 3.63) is 51.1 Å². The number of ketones is 2. The summed E-state index contributed by atoms with van der Waals surface area (Å²) in [6.45, 7) is 2.99. The van der Waals surface area contributed by atoms with Gasteiger partial charge in [-0.15, -0.1) is 0 Å². The van der Waals surface area contributed by atoms with Gasteiger partial charge in [-0.1, -0.05) is 5.16 Å². The SMILES string of the molecule is Cc1noc(C)c1S(=O)(=O)CCc1cc(N(C)C)c2c(c1O)C(O)=C1C(=O)C3(O)C(O)=C(C(N)=O)C(=O)C(N(C)C)C3CC1C2. The van der Waals surface area contributed by atoms with E-state index >= 15 is 0 Å². The Bertz CT molecular complexity index is 1820. The van der Waals surface area contributed by atoms with E-state index in [1.54, 1.807) is 25.1 Å². The van der Waals surface area contributed by atoms with Crippen LogP contribution in [0.1, 0.15) is 34.6 Å². The lowest BCUT2D eigenvalue weighted by Crippen LogP contribution is -2.65. The van der Waals surface area contributed by atoms with Crippen molar-refractivity contribution >= 4 is 38.8 Å². The molecule has 5 rings (SSSR count). The summed E-state index contributed by atoms with van der Waals surface area (Å²) in [7, 11) is 2.63. The van der Waals surface area contributed by atoms with Crippen LogP contribution in [0.4, 0.5) is 5.69 Å². The van der Waals surface area contributed by atoms with Crippen LogP contribution in [0.25, 0.3) is 5.76 Å². The van der Waals surface area contributed by atoms with Crippen molar-refractivity contribution in [2.24, 2.45) is 17.6 Å². The minimum atomic E-state index is -3.89. The molecule has 15 heteroatoms. The van der Waals surface area contributed by atoms with Crippen molar-refractivity contribution in [2.75, 3.05) is 38.8 Å². The van der Waals surface area contributed by atoms with Crippen LogP contribution in [0.2, 0.25) is 0 Å². The van der Waals surface area contributed by atoms with Gasteiger partial charge in [0.15, 0.2) is 27.0 Å². The number of primary amides is 1. The molecule has 0 saturated heterocycles. The lowest BCUT2D eigenvalue weighted by molar-refractivity contribution is -0.153. The number of nitrogens with two attached hydrogens (primary N) is 1. The molecule has 1 heterocycles. The van der Waals surface area contributed by atoms with E-state index in [4.69, 9.17) is 10.3 Å². The number of aliphatic hydroxyl groups is 3. The van der Waals surface area contributed by atoms with Crippen molar-refractivity contribution < 1.29 is 47.8 Å². The number of Topliss-reactive ketones (excluding diaryl/α,β-unsaturated/α-hetero) is 2. The summed E-state index contributed by atoms with van der Waals surface area (Å²) < 4.78 is 31.4. The Morgan fingerprint density at radius 3 is 2.33 bits per heavy atom. The molecule has 6 N–H and O–H groups in total. The van der Waals surface area contributed by atoms with E-state index in [1.165, 1.54) is 32.8 Å². The number of aromatic nitrogens is 1. The van der Waals surface area contributed by atoms with E-state index < -0.39 is 79.4 Å². The number of aryl methyl sites for hydroxylation is 3. The number of nitrogens with zero attached hydrogens (tertiary/aromatic N) is 3. The van der Waals surface area contributed by atoms with Crippen LogP contribution in [0.15, 0.2) is 32.4 Å². The quantitative estimate of drug-likeness (QED) is 0.261. The fourth-order valence-corrected chi connectivity index (χ4v) is 8.86. The smallest absolute Gasteiger partial charge is 0.255 e. The number of phenolic OH excluding ortho intramolecular Hbond substituents is 1. The number of fused-ring (bicyclic) bond motifs is 3. The molecule has 1 aromatic heterocycles. The van der Waals surface area contributed by atoms with Gasteiger partial charge in [-0.25, -0.2) is 8.42 Å². The Morgan fingerprint density at radius 2 is 1.80 bits per heavy atom. The van der Waals surface area contributed by atoms with Gasteiger partial charge in [0.2, 0.25) is 5.78 Å². The highest BCUT2D eigenvalue weighted by Gasteiger charge is 2.64. The van der Waals surface area contributed by atoms with Crippen LogP contribution in [-0.4, -0.2) is 102 Å². The van der Waals surface area contributed by atoms with Crippen molar-refractivity contribution in [1.82, 2.24) is 10.1 Å². The number of aliphatic hydroxyl groups excluding tert-OH is 2. The lowest BCUT2D eigenvalue weighted by atomic mass is 9.57. The van der Waals surface area contributed by atoms with E-state index in [0.29, 0.717) is 11.3 Å². The van der Waals surface area contributed by atoms with Crippen molar-refractivity contribution in [3.63, 3.8) is 0 Å². The number of hydrogen-bond acceptors (Lipinski definition) is 13. The Morgan fingerprint density at radius 1 is 1.16 bits per heavy atom. The van der Waals surface area contributed by atoms with Crippen LogP contribution in [-0.2, 0) is 37.1 Å². The first-order chi connectivity index (χ1) is 20.9. The van der Waals surface area contributed by atoms with E-state index in [-0.39, 0.29) is 52.3 Å². The van der Waals surface area contributed by atoms with Gasteiger partial charge in [-0.05, 0) is 70.3 Å². The van der Waals surface area contributed by atoms with Gasteiger partial charge < -0.3 is 35.6 Å². The Kier molecular flexibility index (Phi) is 7.66. The number of amides is 1.